The third-order valence-electron chi connectivity index (χ3n) is 4.18. The van der Waals surface area contributed by atoms with Crippen molar-refractivity contribution in [3.63, 3.8) is 0 Å². The fourth-order valence-corrected chi connectivity index (χ4v) is 3.05. The van der Waals surface area contributed by atoms with Gasteiger partial charge >= 0.3 is 0 Å². The summed E-state index contributed by atoms with van der Waals surface area (Å²) < 4.78 is 0. The number of nitriles is 1. The van der Waals surface area contributed by atoms with Gasteiger partial charge in [0.1, 0.15) is 5.60 Å². The molecule has 0 unspecified atom stereocenters. The first-order valence-electron chi connectivity index (χ1n) is 6.82. The highest BCUT2D eigenvalue weighted by Crippen LogP contribution is 2.41. The van der Waals surface area contributed by atoms with Crippen molar-refractivity contribution < 1.29 is 5.11 Å². The average molecular weight is 264 g/mol. The van der Waals surface area contributed by atoms with Crippen molar-refractivity contribution in [2.45, 2.75) is 25.4 Å². The highest BCUT2D eigenvalue weighted by atomic mass is 16.3. The van der Waals surface area contributed by atoms with Crippen molar-refractivity contribution >= 4 is 0 Å². The lowest BCUT2D eigenvalue weighted by atomic mass is 9.76. The van der Waals surface area contributed by atoms with Crippen LogP contribution in [-0.2, 0) is 18.4 Å². The number of aromatic nitrogens is 1. The second kappa shape index (κ2) is 4.73. The van der Waals surface area contributed by atoms with E-state index in [1.54, 1.807) is 13.1 Å². The third kappa shape index (κ3) is 1.73. The van der Waals surface area contributed by atoms with Crippen LogP contribution < -0.4 is 0 Å². The number of aryl methyl sites for hydroxylation is 2. The van der Waals surface area contributed by atoms with E-state index in [-0.39, 0.29) is 0 Å². The molecule has 1 aromatic heterocycles. The fraction of sp³-hybridized carbons (Fsp3) is 0.294. The average Bonchev–Trinajstić information content (AvgIpc) is 2.64. The summed E-state index contributed by atoms with van der Waals surface area (Å²) in [7, 11) is 0. The highest BCUT2D eigenvalue weighted by Gasteiger charge is 2.42. The van der Waals surface area contributed by atoms with E-state index in [4.69, 9.17) is 0 Å². The first-order valence-corrected chi connectivity index (χ1v) is 6.82. The SMILES string of the molecule is C[C@@H](C#N)[C@@]1(O)c2ccccc2CCc2ncccc21. The van der Waals surface area contributed by atoms with Crippen molar-refractivity contribution in [3.05, 3.63) is 65.0 Å². The Balaban J connectivity index is 2.33. The van der Waals surface area contributed by atoms with Gasteiger partial charge in [0, 0.05) is 17.5 Å². The highest BCUT2D eigenvalue weighted by molar-refractivity contribution is 5.47. The number of fused-ring (bicyclic) bond motifs is 2. The van der Waals surface area contributed by atoms with Gasteiger partial charge in [-0.1, -0.05) is 30.3 Å². The number of aliphatic hydroxyl groups is 1. The second-order valence-electron chi connectivity index (χ2n) is 5.27. The van der Waals surface area contributed by atoms with Gasteiger partial charge in [-0.2, -0.15) is 5.26 Å². The third-order valence-corrected chi connectivity index (χ3v) is 4.18. The maximum Gasteiger partial charge on any atom is 0.132 e. The smallest absolute Gasteiger partial charge is 0.132 e. The van der Waals surface area contributed by atoms with Gasteiger partial charge in [-0.3, -0.25) is 4.98 Å². The molecule has 0 fully saturated rings. The van der Waals surface area contributed by atoms with E-state index < -0.39 is 11.5 Å². The van der Waals surface area contributed by atoms with E-state index in [9.17, 15) is 10.4 Å². The van der Waals surface area contributed by atoms with Crippen molar-refractivity contribution in [1.29, 1.82) is 5.26 Å². The molecule has 1 aliphatic rings. The Morgan fingerprint density at radius 3 is 2.75 bits per heavy atom. The van der Waals surface area contributed by atoms with Crippen molar-refractivity contribution in [2.75, 3.05) is 0 Å². The molecule has 1 aromatic carbocycles. The van der Waals surface area contributed by atoms with Crippen LogP contribution >= 0.6 is 0 Å². The van der Waals surface area contributed by atoms with Crippen LogP contribution in [0.3, 0.4) is 0 Å². The van der Waals surface area contributed by atoms with Gasteiger partial charge < -0.3 is 5.11 Å². The first kappa shape index (κ1) is 12.8. The molecule has 2 aromatic rings. The summed E-state index contributed by atoms with van der Waals surface area (Å²) in [5, 5.41) is 20.7. The van der Waals surface area contributed by atoms with Gasteiger partial charge in [0.2, 0.25) is 0 Å². The zero-order valence-electron chi connectivity index (χ0n) is 11.4. The maximum absolute atomic E-state index is 11.4. The van der Waals surface area contributed by atoms with Crippen LogP contribution in [0.2, 0.25) is 0 Å². The van der Waals surface area contributed by atoms with Gasteiger partial charge in [-0.05, 0) is 37.0 Å². The van der Waals surface area contributed by atoms with E-state index >= 15 is 0 Å². The second-order valence-corrected chi connectivity index (χ2v) is 5.27. The summed E-state index contributed by atoms with van der Waals surface area (Å²) in [5.74, 6) is -0.537. The fourth-order valence-electron chi connectivity index (χ4n) is 3.05. The minimum atomic E-state index is -1.29. The molecule has 3 heteroatoms. The Labute approximate surface area is 118 Å². The molecule has 20 heavy (non-hydrogen) atoms. The Morgan fingerprint density at radius 2 is 1.95 bits per heavy atom. The monoisotopic (exact) mass is 264 g/mol. The summed E-state index contributed by atoms with van der Waals surface area (Å²) in [5.41, 5.74) is 2.29. The normalized spacial score (nSPS) is 22.1. The number of pyridine rings is 1. The first-order chi connectivity index (χ1) is 9.67. The van der Waals surface area contributed by atoms with Gasteiger partial charge in [0.15, 0.2) is 0 Å². The van der Waals surface area contributed by atoms with Crippen molar-refractivity contribution in [3.8, 4) is 6.07 Å². The van der Waals surface area contributed by atoms with Gasteiger partial charge in [-0.25, -0.2) is 0 Å². The van der Waals surface area contributed by atoms with Crippen LogP contribution in [0.1, 0.15) is 29.3 Å². The lowest BCUT2D eigenvalue weighted by molar-refractivity contribution is 0.0453. The predicted octanol–water partition coefficient (Wildman–Crippen LogP) is 2.58. The molecular formula is C17H16N2O. The molecule has 2 atom stereocenters. The van der Waals surface area contributed by atoms with E-state index in [0.29, 0.717) is 0 Å². The summed E-state index contributed by atoms with van der Waals surface area (Å²) in [4.78, 5) is 4.41. The summed E-state index contributed by atoms with van der Waals surface area (Å²) >= 11 is 0. The molecule has 0 spiro atoms. The van der Waals surface area contributed by atoms with Gasteiger partial charge in [-0.15, -0.1) is 0 Å². The van der Waals surface area contributed by atoms with Crippen LogP contribution in [0.25, 0.3) is 0 Å². The van der Waals surface area contributed by atoms with Crippen molar-refractivity contribution in [1.82, 2.24) is 4.98 Å². The van der Waals surface area contributed by atoms with Crippen LogP contribution in [0.4, 0.5) is 0 Å². The molecule has 100 valence electrons. The molecule has 1 heterocycles. The number of benzene rings is 1. The van der Waals surface area contributed by atoms with Crippen LogP contribution in [0, 0.1) is 17.2 Å². The number of hydrogen-bond acceptors (Lipinski definition) is 3. The number of rotatable bonds is 1. The molecule has 0 saturated heterocycles. The molecule has 1 N–H and O–H groups in total. The molecule has 0 radical (unpaired) electrons. The van der Waals surface area contributed by atoms with Crippen LogP contribution in [0.5, 0.6) is 0 Å². The standard InChI is InChI=1S/C17H16N2O/c1-12(11-18)17(20)14-6-3-2-5-13(14)8-9-16-15(17)7-4-10-19-16/h2-7,10,12,20H,8-9H2,1H3/t12-,17+/m0/s1. The lowest BCUT2D eigenvalue weighted by Crippen LogP contribution is -2.35. The number of nitrogens with zero attached hydrogens (tertiary/aromatic N) is 2. The maximum atomic E-state index is 11.4. The lowest BCUT2D eigenvalue weighted by Gasteiger charge is -2.32. The minimum Gasteiger partial charge on any atom is -0.379 e. The topological polar surface area (TPSA) is 56.9 Å². The Hall–Kier alpha value is -2.18. The number of hydrogen-bond donors (Lipinski definition) is 1. The minimum absolute atomic E-state index is 0.537. The zero-order chi connectivity index (χ0) is 14.2. The van der Waals surface area contributed by atoms with E-state index in [0.717, 1.165) is 35.2 Å². The Kier molecular flexibility index (Phi) is 3.04. The zero-order valence-corrected chi connectivity index (χ0v) is 11.4. The van der Waals surface area contributed by atoms with Crippen LogP contribution in [0.15, 0.2) is 42.6 Å². The summed E-state index contributed by atoms with van der Waals surface area (Å²) in [6.07, 6.45) is 3.36. The molecule has 0 amide bonds. The Morgan fingerprint density at radius 1 is 1.20 bits per heavy atom. The van der Waals surface area contributed by atoms with Gasteiger partial charge in [0.05, 0.1) is 12.0 Å². The van der Waals surface area contributed by atoms with E-state index in [1.165, 1.54) is 0 Å². The molecule has 3 nitrogen and oxygen atoms in total. The quantitative estimate of drug-likeness (QED) is 0.861. The van der Waals surface area contributed by atoms with Crippen LogP contribution in [-0.4, -0.2) is 10.1 Å². The summed E-state index contributed by atoms with van der Waals surface area (Å²) in [6.45, 7) is 1.76. The molecule has 3 rings (SSSR count). The Bertz CT molecular complexity index is 640. The van der Waals surface area contributed by atoms with Gasteiger partial charge in [0.25, 0.3) is 0 Å². The largest absolute Gasteiger partial charge is 0.379 e. The van der Waals surface area contributed by atoms with E-state index in [2.05, 4.69) is 11.1 Å². The summed E-state index contributed by atoms with van der Waals surface area (Å²) in [6, 6.07) is 13.7. The molecule has 0 bridgehead atoms. The molecule has 1 aliphatic carbocycles. The molecule has 0 aliphatic heterocycles. The van der Waals surface area contributed by atoms with E-state index in [1.807, 2.05) is 36.4 Å². The molecular weight excluding hydrogens is 248 g/mol. The molecule has 0 saturated carbocycles. The van der Waals surface area contributed by atoms with Crippen molar-refractivity contribution in [2.24, 2.45) is 5.92 Å². The predicted molar refractivity (Wildman–Crippen MR) is 75.9 cm³/mol.